The van der Waals surface area contributed by atoms with Gasteiger partial charge in [-0.3, -0.25) is 9.59 Å². The molecule has 0 aromatic heterocycles. The van der Waals surface area contributed by atoms with E-state index in [0.29, 0.717) is 0 Å². The van der Waals surface area contributed by atoms with Crippen molar-refractivity contribution in [2.45, 2.75) is 13.8 Å². The van der Waals surface area contributed by atoms with Crippen LogP contribution in [0, 0.1) is 0 Å². The van der Waals surface area contributed by atoms with E-state index in [-0.39, 0.29) is 44.8 Å². The normalized spacial score (nSPS) is 6.00. The molecular formula is C4H6Ag2O3. The SMILES string of the molecule is CC(=O)OC(C)=O.[Ag].[Ag]. The number of carbonyl (C=O) groups excluding carboxylic acids is 2. The van der Waals surface area contributed by atoms with Crippen molar-refractivity contribution in [2.75, 3.05) is 0 Å². The smallest absolute Gasteiger partial charge is 0.310 e. The molecule has 0 fully saturated rings. The van der Waals surface area contributed by atoms with Crippen LogP contribution in [0.4, 0.5) is 0 Å². The Bertz CT molecular complexity index is 90.0. The van der Waals surface area contributed by atoms with Gasteiger partial charge in [-0.2, -0.15) is 0 Å². The Hall–Kier alpha value is 0.621. The Morgan fingerprint density at radius 2 is 1.22 bits per heavy atom. The van der Waals surface area contributed by atoms with E-state index >= 15 is 0 Å². The van der Waals surface area contributed by atoms with Crippen LogP contribution in [0.15, 0.2) is 0 Å². The minimum Gasteiger partial charge on any atom is -0.394 e. The van der Waals surface area contributed by atoms with Crippen molar-refractivity contribution in [2.24, 2.45) is 0 Å². The van der Waals surface area contributed by atoms with Gasteiger partial charge in [0.1, 0.15) is 0 Å². The van der Waals surface area contributed by atoms with Crippen molar-refractivity contribution in [1.82, 2.24) is 0 Å². The molecule has 62 valence electrons. The monoisotopic (exact) mass is 316 g/mol. The topological polar surface area (TPSA) is 43.4 Å². The van der Waals surface area contributed by atoms with Gasteiger partial charge in [0.2, 0.25) is 0 Å². The summed E-state index contributed by atoms with van der Waals surface area (Å²) >= 11 is 0. The first-order valence-electron chi connectivity index (χ1n) is 1.82. The Labute approximate surface area is 84.5 Å². The van der Waals surface area contributed by atoms with Gasteiger partial charge in [0, 0.05) is 58.6 Å². The molecule has 0 aliphatic rings. The Balaban J connectivity index is -0.000000180. The van der Waals surface area contributed by atoms with Crippen LogP contribution in [-0.4, -0.2) is 11.9 Å². The summed E-state index contributed by atoms with van der Waals surface area (Å²) in [6.07, 6.45) is 0. The van der Waals surface area contributed by atoms with Crippen LogP contribution < -0.4 is 0 Å². The molecule has 0 saturated carbocycles. The summed E-state index contributed by atoms with van der Waals surface area (Å²) in [6.45, 7) is 2.36. The van der Waals surface area contributed by atoms with E-state index in [0.717, 1.165) is 0 Å². The summed E-state index contributed by atoms with van der Waals surface area (Å²) in [7, 11) is 0. The number of rotatable bonds is 0. The molecule has 0 aliphatic carbocycles. The van der Waals surface area contributed by atoms with Gasteiger partial charge in [-0.15, -0.1) is 0 Å². The summed E-state index contributed by atoms with van der Waals surface area (Å²) < 4.78 is 3.97. The molecule has 0 rings (SSSR count). The summed E-state index contributed by atoms with van der Waals surface area (Å²) in [5.74, 6) is -1.12. The molecule has 9 heavy (non-hydrogen) atoms. The summed E-state index contributed by atoms with van der Waals surface area (Å²) in [5.41, 5.74) is 0. The fraction of sp³-hybridized carbons (Fsp3) is 0.500. The van der Waals surface area contributed by atoms with Crippen molar-refractivity contribution in [3.8, 4) is 0 Å². The minimum atomic E-state index is -0.562. The van der Waals surface area contributed by atoms with E-state index in [1.54, 1.807) is 0 Å². The molecule has 0 spiro atoms. The van der Waals surface area contributed by atoms with Crippen LogP contribution in [0.3, 0.4) is 0 Å². The Morgan fingerprint density at radius 3 is 1.22 bits per heavy atom. The van der Waals surface area contributed by atoms with Crippen LogP contribution in [0.1, 0.15) is 13.8 Å². The zero-order chi connectivity index (χ0) is 5.86. The second-order valence-electron chi connectivity index (χ2n) is 1.09. The fourth-order valence-electron chi connectivity index (χ4n) is 0.202. The number of esters is 2. The molecule has 2 radical (unpaired) electrons. The Kier molecular flexibility index (Phi) is 15.6. The van der Waals surface area contributed by atoms with Crippen molar-refractivity contribution in [3.05, 3.63) is 0 Å². The van der Waals surface area contributed by atoms with E-state index in [2.05, 4.69) is 4.74 Å². The summed E-state index contributed by atoms with van der Waals surface area (Å²) in [4.78, 5) is 19.6. The first-order valence-corrected chi connectivity index (χ1v) is 1.82. The number of hydrogen-bond acceptors (Lipinski definition) is 3. The Morgan fingerprint density at radius 1 is 1.00 bits per heavy atom. The molecule has 0 bridgehead atoms. The van der Waals surface area contributed by atoms with Crippen LogP contribution in [0.2, 0.25) is 0 Å². The summed E-state index contributed by atoms with van der Waals surface area (Å²) in [6, 6.07) is 0. The van der Waals surface area contributed by atoms with Gasteiger partial charge in [-0.25, -0.2) is 0 Å². The molecular weight excluding hydrogens is 312 g/mol. The number of carbonyl (C=O) groups is 2. The van der Waals surface area contributed by atoms with Gasteiger partial charge in [0.15, 0.2) is 0 Å². The third-order valence-corrected chi connectivity index (χ3v) is 0.287. The van der Waals surface area contributed by atoms with Crippen LogP contribution >= 0.6 is 0 Å². The van der Waals surface area contributed by atoms with E-state index in [4.69, 9.17) is 0 Å². The second kappa shape index (κ2) is 8.62. The summed E-state index contributed by atoms with van der Waals surface area (Å²) in [5, 5.41) is 0. The minimum absolute atomic E-state index is 0. The molecule has 0 aliphatic heterocycles. The van der Waals surface area contributed by atoms with E-state index in [1.807, 2.05) is 0 Å². The standard InChI is InChI=1S/C4H6O3.2Ag/c1-3(5)7-4(2)6;;/h1-2H3;;. The molecule has 0 atom stereocenters. The molecule has 3 nitrogen and oxygen atoms in total. The molecule has 0 unspecified atom stereocenters. The largest absolute Gasteiger partial charge is 0.394 e. The van der Waals surface area contributed by atoms with Gasteiger partial charge in [-0.1, -0.05) is 0 Å². The predicted molar refractivity (Wildman–Crippen MR) is 22.4 cm³/mol. The van der Waals surface area contributed by atoms with Crippen LogP contribution in [-0.2, 0) is 59.1 Å². The third-order valence-electron chi connectivity index (χ3n) is 0.287. The van der Waals surface area contributed by atoms with Gasteiger partial charge in [0.25, 0.3) is 0 Å². The zero-order valence-electron chi connectivity index (χ0n) is 4.83. The first-order chi connectivity index (χ1) is 3.13. The van der Waals surface area contributed by atoms with E-state index < -0.39 is 11.9 Å². The van der Waals surface area contributed by atoms with Gasteiger partial charge < -0.3 is 4.74 Å². The molecule has 0 saturated heterocycles. The zero-order valence-corrected chi connectivity index (χ0v) is 7.79. The first kappa shape index (κ1) is 16.3. The molecule has 0 aromatic rings. The van der Waals surface area contributed by atoms with E-state index in [9.17, 15) is 9.59 Å². The molecule has 0 N–H and O–H groups in total. The maximum atomic E-state index is 9.81. The van der Waals surface area contributed by atoms with Gasteiger partial charge in [0.05, 0.1) is 0 Å². The van der Waals surface area contributed by atoms with Crippen LogP contribution in [0.25, 0.3) is 0 Å². The van der Waals surface area contributed by atoms with Crippen molar-refractivity contribution < 1.29 is 59.1 Å². The molecule has 5 heteroatoms. The average Bonchev–Trinajstić information content (AvgIpc) is 1.27. The maximum absolute atomic E-state index is 9.81. The quantitative estimate of drug-likeness (QED) is 0.361. The molecule has 0 aromatic carbocycles. The van der Waals surface area contributed by atoms with Crippen molar-refractivity contribution >= 4 is 11.9 Å². The van der Waals surface area contributed by atoms with Gasteiger partial charge in [-0.05, 0) is 0 Å². The fourth-order valence-corrected chi connectivity index (χ4v) is 0.202. The number of ether oxygens (including phenoxy) is 1. The van der Waals surface area contributed by atoms with Crippen molar-refractivity contribution in [3.63, 3.8) is 0 Å². The number of hydrogen-bond donors (Lipinski definition) is 0. The van der Waals surface area contributed by atoms with Crippen molar-refractivity contribution in [1.29, 1.82) is 0 Å². The second-order valence-corrected chi connectivity index (χ2v) is 1.09. The van der Waals surface area contributed by atoms with E-state index in [1.165, 1.54) is 13.8 Å². The van der Waals surface area contributed by atoms with Gasteiger partial charge >= 0.3 is 11.9 Å². The third kappa shape index (κ3) is 17.7. The van der Waals surface area contributed by atoms with Crippen LogP contribution in [0.5, 0.6) is 0 Å². The molecule has 0 heterocycles. The predicted octanol–water partition coefficient (Wildman–Crippen LogP) is 0.0910. The molecule has 0 amide bonds. The average molecular weight is 318 g/mol. The maximum Gasteiger partial charge on any atom is 0.310 e.